The van der Waals surface area contributed by atoms with Crippen LogP contribution in [0.4, 0.5) is 0 Å². The van der Waals surface area contributed by atoms with Gasteiger partial charge in [-0.25, -0.2) is 0 Å². The molecule has 4 heteroatoms. The van der Waals surface area contributed by atoms with Crippen molar-refractivity contribution in [3.8, 4) is 0 Å². The number of thioether (sulfide) groups is 1. The van der Waals surface area contributed by atoms with Gasteiger partial charge in [0.1, 0.15) is 0 Å². The summed E-state index contributed by atoms with van der Waals surface area (Å²) in [4.78, 5) is 15.6. The van der Waals surface area contributed by atoms with Gasteiger partial charge in [-0.3, -0.25) is 4.79 Å². The van der Waals surface area contributed by atoms with Gasteiger partial charge >= 0.3 is 0 Å². The third-order valence-electron chi connectivity index (χ3n) is 3.74. The summed E-state index contributed by atoms with van der Waals surface area (Å²) in [5.74, 6) is 1.17. The van der Waals surface area contributed by atoms with Gasteiger partial charge in [0.05, 0.1) is 9.09 Å². The first-order chi connectivity index (χ1) is 9.54. The number of Topliss-reactive ketones (excluding diaryl/α,β-unsaturated/α-hetero) is 1. The van der Waals surface area contributed by atoms with Crippen molar-refractivity contribution in [2.45, 2.75) is 49.5 Å². The first-order valence-corrected chi connectivity index (χ1v) is 9.26. The van der Waals surface area contributed by atoms with E-state index in [1.807, 2.05) is 17.8 Å². The Kier molecular flexibility index (Phi) is 6.12. The molecule has 1 aliphatic heterocycles. The molecule has 0 bridgehead atoms. The second-order valence-corrected chi connectivity index (χ2v) is 8.94. The normalized spacial score (nSPS) is 17.8. The molecule has 1 saturated heterocycles. The highest BCUT2D eigenvalue weighted by Crippen LogP contribution is 2.30. The molecule has 0 unspecified atom stereocenters. The molecule has 0 radical (unpaired) electrons. The molecule has 1 fully saturated rings. The Balaban J connectivity index is 1.78. The van der Waals surface area contributed by atoms with Crippen molar-refractivity contribution in [2.24, 2.45) is 5.92 Å². The largest absolute Gasteiger partial charge is 0.303 e. The standard InChI is InChI=1S/C16H25NOS2/c1-12(2)19-16-5-4-15(20-16)14(18)8-11-17-9-6-13(3)7-10-17/h4-5,12-13H,6-11H2,1-3H3. The Morgan fingerprint density at radius 3 is 2.75 bits per heavy atom. The average Bonchev–Trinajstić information content (AvgIpc) is 2.85. The highest BCUT2D eigenvalue weighted by atomic mass is 32.2. The van der Waals surface area contributed by atoms with Gasteiger partial charge in [0.2, 0.25) is 0 Å². The van der Waals surface area contributed by atoms with Crippen LogP contribution in [-0.4, -0.2) is 35.6 Å². The molecule has 2 nitrogen and oxygen atoms in total. The summed E-state index contributed by atoms with van der Waals surface area (Å²) >= 11 is 3.49. The molecule has 1 aromatic heterocycles. The van der Waals surface area contributed by atoms with Crippen LogP contribution in [0.15, 0.2) is 16.3 Å². The number of likely N-dealkylation sites (tertiary alicyclic amines) is 1. The summed E-state index contributed by atoms with van der Waals surface area (Å²) in [6, 6.07) is 4.08. The summed E-state index contributed by atoms with van der Waals surface area (Å²) in [5.41, 5.74) is 0. The molecule has 0 aromatic carbocycles. The van der Waals surface area contributed by atoms with Gasteiger partial charge in [-0.1, -0.05) is 20.8 Å². The van der Waals surface area contributed by atoms with Gasteiger partial charge in [-0.05, 0) is 44.0 Å². The quantitative estimate of drug-likeness (QED) is 0.568. The van der Waals surface area contributed by atoms with Crippen molar-refractivity contribution < 1.29 is 4.79 Å². The monoisotopic (exact) mass is 311 g/mol. The van der Waals surface area contributed by atoms with Crippen molar-refractivity contribution in [1.82, 2.24) is 4.90 Å². The van der Waals surface area contributed by atoms with Crippen molar-refractivity contribution in [3.63, 3.8) is 0 Å². The van der Waals surface area contributed by atoms with E-state index in [1.54, 1.807) is 11.3 Å². The lowest BCUT2D eigenvalue weighted by atomic mass is 9.99. The van der Waals surface area contributed by atoms with Crippen LogP contribution in [0.5, 0.6) is 0 Å². The van der Waals surface area contributed by atoms with Crippen LogP contribution in [0, 0.1) is 5.92 Å². The number of thiophene rings is 1. The molecule has 0 spiro atoms. The molecular weight excluding hydrogens is 286 g/mol. The minimum Gasteiger partial charge on any atom is -0.303 e. The summed E-state index contributed by atoms with van der Waals surface area (Å²) in [7, 11) is 0. The molecule has 1 aliphatic rings. The lowest BCUT2D eigenvalue weighted by Crippen LogP contribution is -2.34. The predicted octanol–water partition coefficient (Wildman–Crippen LogP) is 4.55. The molecule has 1 aromatic rings. The van der Waals surface area contributed by atoms with Gasteiger partial charge in [0.15, 0.2) is 5.78 Å². The van der Waals surface area contributed by atoms with E-state index in [0.717, 1.165) is 30.4 Å². The zero-order valence-electron chi connectivity index (χ0n) is 12.7. The molecule has 0 aliphatic carbocycles. The number of ketones is 1. The fourth-order valence-corrected chi connectivity index (χ4v) is 4.79. The van der Waals surface area contributed by atoms with Crippen LogP contribution in [0.25, 0.3) is 0 Å². The number of hydrogen-bond donors (Lipinski definition) is 0. The maximum atomic E-state index is 12.2. The third kappa shape index (κ3) is 4.90. The van der Waals surface area contributed by atoms with E-state index in [9.17, 15) is 4.79 Å². The number of nitrogens with zero attached hydrogens (tertiary/aromatic N) is 1. The van der Waals surface area contributed by atoms with E-state index < -0.39 is 0 Å². The molecule has 0 amide bonds. The fraction of sp³-hybridized carbons (Fsp3) is 0.688. The highest BCUT2D eigenvalue weighted by molar-refractivity contribution is 8.01. The van der Waals surface area contributed by atoms with Gasteiger partial charge in [-0.15, -0.1) is 23.1 Å². The van der Waals surface area contributed by atoms with Crippen molar-refractivity contribution >= 4 is 28.9 Å². The van der Waals surface area contributed by atoms with Crippen molar-refractivity contribution in [3.05, 3.63) is 17.0 Å². The number of rotatable bonds is 6. The van der Waals surface area contributed by atoms with Crippen LogP contribution in [0.1, 0.15) is 49.7 Å². The molecule has 20 heavy (non-hydrogen) atoms. The minimum absolute atomic E-state index is 0.309. The van der Waals surface area contributed by atoms with Crippen molar-refractivity contribution in [2.75, 3.05) is 19.6 Å². The Hall–Kier alpha value is -0.320. The molecular formula is C16H25NOS2. The Bertz CT molecular complexity index is 433. The van der Waals surface area contributed by atoms with Crippen LogP contribution in [0.2, 0.25) is 0 Å². The van der Waals surface area contributed by atoms with E-state index in [0.29, 0.717) is 17.5 Å². The second kappa shape index (κ2) is 7.62. The second-order valence-electron chi connectivity index (χ2n) is 5.98. The summed E-state index contributed by atoms with van der Waals surface area (Å²) in [6.07, 6.45) is 3.23. The highest BCUT2D eigenvalue weighted by Gasteiger charge is 2.17. The Morgan fingerprint density at radius 2 is 2.10 bits per heavy atom. The summed E-state index contributed by atoms with van der Waals surface area (Å²) in [6.45, 7) is 9.94. The molecule has 0 N–H and O–H groups in total. The van der Waals surface area contributed by atoms with Gasteiger partial charge < -0.3 is 4.90 Å². The molecule has 0 atom stereocenters. The summed E-state index contributed by atoms with van der Waals surface area (Å²) in [5, 5.41) is 0.576. The molecule has 112 valence electrons. The third-order valence-corrected chi connectivity index (χ3v) is 6.04. The maximum absolute atomic E-state index is 12.2. The number of carbonyl (C=O) groups excluding carboxylic acids is 1. The predicted molar refractivity (Wildman–Crippen MR) is 89.1 cm³/mol. The lowest BCUT2D eigenvalue weighted by molar-refractivity contribution is 0.0957. The lowest BCUT2D eigenvalue weighted by Gasteiger charge is -2.29. The maximum Gasteiger partial charge on any atom is 0.174 e. The Labute approximate surface area is 130 Å². The summed E-state index contributed by atoms with van der Waals surface area (Å²) < 4.78 is 1.26. The molecule has 2 heterocycles. The van der Waals surface area contributed by atoms with E-state index in [2.05, 4.69) is 31.7 Å². The molecule has 2 rings (SSSR count). The van der Waals surface area contributed by atoms with Crippen LogP contribution in [0.3, 0.4) is 0 Å². The first kappa shape index (κ1) is 16.1. The smallest absolute Gasteiger partial charge is 0.174 e. The van der Waals surface area contributed by atoms with E-state index >= 15 is 0 Å². The van der Waals surface area contributed by atoms with E-state index in [4.69, 9.17) is 0 Å². The van der Waals surface area contributed by atoms with Crippen LogP contribution < -0.4 is 0 Å². The van der Waals surface area contributed by atoms with Crippen LogP contribution in [-0.2, 0) is 0 Å². The van der Waals surface area contributed by atoms with E-state index in [-0.39, 0.29) is 0 Å². The van der Waals surface area contributed by atoms with E-state index in [1.165, 1.54) is 17.1 Å². The van der Waals surface area contributed by atoms with Crippen LogP contribution >= 0.6 is 23.1 Å². The number of piperidine rings is 1. The van der Waals surface area contributed by atoms with Gasteiger partial charge in [0.25, 0.3) is 0 Å². The molecule has 0 saturated carbocycles. The van der Waals surface area contributed by atoms with Crippen molar-refractivity contribution in [1.29, 1.82) is 0 Å². The van der Waals surface area contributed by atoms with Gasteiger partial charge in [0, 0.05) is 18.2 Å². The topological polar surface area (TPSA) is 20.3 Å². The Morgan fingerprint density at radius 1 is 1.40 bits per heavy atom. The number of carbonyl (C=O) groups is 1. The zero-order chi connectivity index (χ0) is 14.5. The van der Waals surface area contributed by atoms with Gasteiger partial charge in [-0.2, -0.15) is 0 Å². The first-order valence-electron chi connectivity index (χ1n) is 7.56. The SMILES string of the molecule is CC1CCN(CCC(=O)c2ccc(SC(C)C)s2)CC1. The zero-order valence-corrected chi connectivity index (χ0v) is 14.4. The fourth-order valence-electron chi connectivity index (χ4n) is 2.43. The minimum atomic E-state index is 0.309. The number of hydrogen-bond acceptors (Lipinski definition) is 4. The average molecular weight is 312 g/mol.